The highest BCUT2D eigenvalue weighted by Crippen LogP contribution is 2.21. The Balaban J connectivity index is 0.000000216. The number of nitrogens with zero attached hydrogens (tertiary/aromatic N) is 11. The van der Waals surface area contributed by atoms with Crippen molar-refractivity contribution in [3.63, 3.8) is 0 Å². The van der Waals surface area contributed by atoms with Crippen LogP contribution in [0.2, 0.25) is 0 Å². The number of esters is 2. The van der Waals surface area contributed by atoms with Crippen LogP contribution in [0, 0.1) is 0 Å². The van der Waals surface area contributed by atoms with E-state index in [0.717, 1.165) is 21.4 Å². The second-order valence-electron chi connectivity index (χ2n) is 20.0. The van der Waals surface area contributed by atoms with Gasteiger partial charge in [-0.15, -0.1) is 0 Å². The summed E-state index contributed by atoms with van der Waals surface area (Å²) in [5.74, 6) is 1.31. The minimum Gasteiger partial charge on any atom is -0.466 e. The molecule has 2 fully saturated rings. The Hall–Kier alpha value is -8.08. The van der Waals surface area contributed by atoms with Crippen molar-refractivity contribution in [2.75, 3.05) is 75.4 Å². The molecule has 4 aromatic heterocycles. The predicted molar refractivity (Wildman–Crippen MR) is 301 cm³/mol. The highest BCUT2D eigenvalue weighted by atomic mass is 79.9. The zero-order valence-corrected chi connectivity index (χ0v) is 47.6. The van der Waals surface area contributed by atoms with E-state index >= 15 is 0 Å². The van der Waals surface area contributed by atoms with Crippen LogP contribution in [0.3, 0.4) is 0 Å². The molecule has 23 heteroatoms. The van der Waals surface area contributed by atoms with Crippen molar-refractivity contribution in [3.8, 4) is 28.5 Å². The van der Waals surface area contributed by atoms with Gasteiger partial charge in [0.25, 0.3) is 11.1 Å². The van der Waals surface area contributed by atoms with Crippen LogP contribution in [-0.4, -0.2) is 150 Å². The van der Waals surface area contributed by atoms with E-state index in [-0.39, 0.29) is 53.9 Å². The molecule has 0 saturated carbocycles. The molecule has 420 valence electrons. The number of aromatic nitrogens is 8. The normalized spacial score (nSPS) is 13.5. The molecule has 2 aromatic carbocycles. The number of halogens is 1. The van der Waals surface area contributed by atoms with Crippen molar-refractivity contribution >= 4 is 51.7 Å². The van der Waals surface area contributed by atoms with Crippen LogP contribution in [0.4, 0.5) is 21.2 Å². The van der Waals surface area contributed by atoms with E-state index in [4.69, 9.17) is 18.9 Å². The molecule has 2 aliphatic rings. The van der Waals surface area contributed by atoms with Crippen molar-refractivity contribution in [2.24, 2.45) is 0 Å². The molecule has 6 heterocycles. The first kappa shape index (κ1) is 60.2. The summed E-state index contributed by atoms with van der Waals surface area (Å²) in [5, 5.41) is 0. The van der Waals surface area contributed by atoms with Crippen LogP contribution >= 0.6 is 15.9 Å². The first-order chi connectivity index (χ1) is 37.7. The lowest BCUT2D eigenvalue weighted by molar-refractivity contribution is -0.144. The summed E-state index contributed by atoms with van der Waals surface area (Å²) < 4.78 is 23.4. The molecule has 22 nitrogen and oxygen atoms in total. The predicted octanol–water partition coefficient (Wildman–Crippen LogP) is 7.47. The lowest BCUT2D eigenvalue weighted by Crippen LogP contribution is -2.51. The Morgan fingerprint density at radius 1 is 0.582 bits per heavy atom. The third kappa shape index (κ3) is 18.8. The number of nitrogens with one attached hydrogen (secondary N) is 1. The number of anilines is 2. The topological polar surface area (TPSA) is 250 Å². The second kappa shape index (κ2) is 28.5. The molecule has 8 rings (SSSR count). The average molecular weight is 1150 g/mol. The number of piperazine rings is 2. The maximum Gasteiger partial charge on any atom is 0.410 e. The molecule has 0 radical (unpaired) electrons. The van der Waals surface area contributed by atoms with Crippen molar-refractivity contribution in [2.45, 2.75) is 92.3 Å². The number of aryl methyl sites for hydroxylation is 2. The molecular weight excluding hydrogens is 1080 g/mol. The number of benzene rings is 2. The summed E-state index contributed by atoms with van der Waals surface area (Å²) in [6.45, 7) is 18.6. The Morgan fingerprint density at radius 2 is 1.00 bits per heavy atom. The molecule has 0 atom stereocenters. The van der Waals surface area contributed by atoms with Crippen LogP contribution in [0.15, 0.2) is 112 Å². The molecule has 0 aliphatic carbocycles. The monoisotopic (exact) mass is 1150 g/mol. The zero-order chi connectivity index (χ0) is 57.1. The highest BCUT2D eigenvalue weighted by Gasteiger charge is 2.30. The van der Waals surface area contributed by atoms with Gasteiger partial charge in [0.2, 0.25) is 0 Å². The van der Waals surface area contributed by atoms with Crippen LogP contribution in [0.1, 0.15) is 79.6 Å². The highest BCUT2D eigenvalue weighted by molar-refractivity contribution is 9.10. The average Bonchev–Trinajstić information content (AvgIpc) is 3.45. The Bertz CT molecular complexity index is 3060. The van der Waals surface area contributed by atoms with Gasteiger partial charge in [0.1, 0.15) is 11.2 Å². The van der Waals surface area contributed by atoms with Gasteiger partial charge in [-0.05, 0) is 104 Å². The van der Waals surface area contributed by atoms with Crippen LogP contribution < -0.4 is 20.9 Å². The minimum absolute atomic E-state index is 0.148. The quantitative estimate of drug-likeness (QED) is 0.0869. The van der Waals surface area contributed by atoms with Gasteiger partial charge in [0, 0.05) is 124 Å². The first-order valence-corrected chi connectivity index (χ1v) is 26.9. The summed E-state index contributed by atoms with van der Waals surface area (Å²) >= 11 is 3.38. The molecule has 0 spiro atoms. The molecule has 0 bridgehead atoms. The number of carbonyl (C=O) groups is 4. The van der Waals surface area contributed by atoms with Gasteiger partial charge in [-0.2, -0.15) is 0 Å². The summed E-state index contributed by atoms with van der Waals surface area (Å²) in [4.78, 5) is 109. The summed E-state index contributed by atoms with van der Waals surface area (Å²) in [6, 6.07) is 18.8. The number of amides is 2. The van der Waals surface area contributed by atoms with E-state index in [2.05, 4.69) is 50.8 Å². The smallest absolute Gasteiger partial charge is 0.410 e. The number of hydrogen-bond acceptors (Lipinski definition) is 18. The lowest BCUT2D eigenvalue weighted by atomic mass is 10.2. The van der Waals surface area contributed by atoms with E-state index in [1.54, 1.807) is 65.3 Å². The van der Waals surface area contributed by atoms with Gasteiger partial charge >= 0.3 is 24.1 Å². The second-order valence-corrected chi connectivity index (χ2v) is 20.9. The fraction of sp³-hybridized carbons (Fsp3) is 0.429. The van der Waals surface area contributed by atoms with E-state index in [1.165, 1.54) is 6.20 Å². The van der Waals surface area contributed by atoms with E-state index in [1.807, 2.05) is 106 Å². The number of carbonyl (C=O) groups excluding carboxylic acids is 4. The van der Waals surface area contributed by atoms with Gasteiger partial charge in [-0.1, -0.05) is 28.1 Å². The Morgan fingerprint density at radius 3 is 1.44 bits per heavy atom. The fourth-order valence-electron chi connectivity index (χ4n) is 7.87. The zero-order valence-electron chi connectivity index (χ0n) is 46.0. The molecular formula is C56H69BrN12O10. The molecule has 6 aromatic rings. The standard InChI is InChI=1S/C28H34N6O5.C18H28N4O5.C10H7BrN2/c1-5-38-23(35)12-9-21-19-34(22-10-7-20(8-11-22)24-29-13-6-14-30-24)26(36)25(31-21)32-15-17-33(18-16-32)27(37)39-28(2,3)4;1-5-26-14(23)7-6-13-12-19-16(24)15(20-13)21-8-10-22(11-9-21)17(25)27-18(2,3)4;11-9-4-2-8(3-5-9)10-12-6-1-7-13-10/h6-8,10-11,13-14,19H,5,9,12,15-18H2,1-4H3;12H,5-11H2,1-4H3,(H,19,24);1-7H. The number of rotatable bonds is 13. The van der Waals surface area contributed by atoms with E-state index in [0.29, 0.717) is 107 Å². The maximum absolute atomic E-state index is 13.7. The van der Waals surface area contributed by atoms with Gasteiger partial charge < -0.3 is 43.5 Å². The number of aromatic amines is 1. The van der Waals surface area contributed by atoms with Crippen molar-refractivity contribution in [1.29, 1.82) is 0 Å². The van der Waals surface area contributed by atoms with Crippen LogP contribution in [-0.2, 0) is 41.4 Å². The van der Waals surface area contributed by atoms with Gasteiger partial charge in [0.15, 0.2) is 23.3 Å². The van der Waals surface area contributed by atoms with Crippen molar-refractivity contribution in [1.82, 2.24) is 49.3 Å². The number of hydrogen-bond donors (Lipinski definition) is 1. The molecule has 1 N–H and O–H groups in total. The molecule has 0 unspecified atom stereocenters. The maximum atomic E-state index is 13.7. The molecule has 79 heavy (non-hydrogen) atoms. The summed E-state index contributed by atoms with van der Waals surface area (Å²) in [5.41, 5.74) is 2.00. The third-order valence-corrected chi connectivity index (χ3v) is 12.2. The molecule has 2 saturated heterocycles. The summed E-state index contributed by atoms with van der Waals surface area (Å²) in [6.07, 6.45) is 10.3. The van der Waals surface area contributed by atoms with Crippen LogP contribution in [0.25, 0.3) is 28.5 Å². The lowest BCUT2D eigenvalue weighted by Gasteiger charge is -2.36. The van der Waals surface area contributed by atoms with E-state index < -0.39 is 11.2 Å². The summed E-state index contributed by atoms with van der Waals surface area (Å²) in [7, 11) is 0. The Kier molecular flexibility index (Phi) is 21.7. The van der Waals surface area contributed by atoms with Crippen molar-refractivity contribution in [3.05, 3.63) is 134 Å². The van der Waals surface area contributed by atoms with Crippen molar-refractivity contribution < 1.29 is 38.1 Å². The Labute approximate surface area is 467 Å². The van der Waals surface area contributed by atoms with Gasteiger partial charge in [0.05, 0.1) is 37.4 Å². The molecule has 2 aliphatic heterocycles. The minimum atomic E-state index is -0.584. The van der Waals surface area contributed by atoms with Gasteiger partial charge in [-0.25, -0.2) is 39.5 Å². The van der Waals surface area contributed by atoms with Crippen LogP contribution in [0.5, 0.6) is 0 Å². The first-order valence-electron chi connectivity index (χ1n) is 26.1. The SMILES string of the molecule is Brc1ccc(-c2ncccn2)cc1.CCOC(=O)CCc1c[nH]c(=O)c(N2CCN(C(=O)OC(C)(C)C)CC2)n1.CCOC(=O)CCc1cn(-c2ccc(-c3ncccn3)cc2)c(=O)c(N2CCN(C(=O)OC(C)(C)C)CC2)n1. The van der Waals surface area contributed by atoms with E-state index in [9.17, 15) is 28.8 Å². The number of H-pyrrole nitrogens is 1. The fourth-order valence-corrected chi connectivity index (χ4v) is 8.13. The third-order valence-electron chi connectivity index (χ3n) is 11.6. The molecule has 2 amide bonds. The van der Waals surface area contributed by atoms with Gasteiger partial charge in [-0.3, -0.25) is 23.7 Å². The largest absolute Gasteiger partial charge is 0.466 e. The number of ether oxygens (including phenoxy) is 4.